The molecule has 2 heterocycles. The summed E-state index contributed by atoms with van der Waals surface area (Å²) in [6.45, 7) is 2.20. The second-order valence-electron chi connectivity index (χ2n) is 6.95. The van der Waals surface area contributed by atoms with Gasteiger partial charge >= 0.3 is 0 Å². The lowest BCUT2D eigenvalue weighted by atomic mass is 10.1. The molecular weight excluding hydrogens is 448 g/mol. The van der Waals surface area contributed by atoms with Crippen LogP contribution < -0.4 is 10.6 Å². The first-order valence-electron chi connectivity index (χ1n) is 9.69. The minimum absolute atomic E-state index is 0.0789. The highest BCUT2D eigenvalue weighted by Gasteiger charge is 2.15. The summed E-state index contributed by atoms with van der Waals surface area (Å²) >= 11 is 3.03. The minimum Gasteiger partial charge on any atom is -0.352 e. The molecule has 2 aromatic heterocycles. The van der Waals surface area contributed by atoms with Crippen molar-refractivity contribution in [1.29, 1.82) is 0 Å². The van der Waals surface area contributed by atoms with Crippen molar-refractivity contribution < 1.29 is 14.5 Å². The molecule has 2 aromatic carbocycles. The topological polar surface area (TPSA) is 114 Å². The fourth-order valence-corrected chi connectivity index (χ4v) is 5.12. The second kappa shape index (κ2) is 9.25. The van der Waals surface area contributed by atoms with Crippen LogP contribution in [0.25, 0.3) is 20.7 Å². The molecule has 0 saturated heterocycles. The number of nitro benzene ring substituents is 1. The van der Waals surface area contributed by atoms with Crippen molar-refractivity contribution in [3.63, 3.8) is 0 Å². The van der Waals surface area contributed by atoms with Crippen LogP contribution in [0, 0.1) is 17.0 Å². The number of aromatic nitrogens is 1. The van der Waals surface area contributed by atoms with E-state index in [1.807, 2.05) is 17.5 Å². The summed E-state index contributed by atoms with van der Waals surface area (Å²) in [5, 5.41) is 19.7. The Hall–Kier alpha value is -3.63. The Morgan fingerprint density at radius 2 is 1.88 bits per heavy atom. The highest BCUT2D eigenvalue weighted by atomic mass is 32.1. The van der Waals surface area contributed by atoms with E-state index in [2.05, 4.69) is 34.7 Å². The first kappa shape index (κ1) is 21.6. The van der Waals surface area contributed by atoms with E-state index in [-0.39, 0.29) is 24.6 Å². The zero-order valence-electron chi connectivity index (χ0n) is 17.0. The molecule has 0 atom stereocenters. The molecule has 10 heteroatoms. The van der Waals surface area contributed by atoms with Gasteiger partial charge in [-0.1, -0.05) is 18.2 Å². The van der Waals surface area contributed by atoms with Crippen molar-refractivity contribution in [2.75, 3.05) is 11.9 Å². The van der Waals surface area contributed by atoms with Crippen LogP contribution in [0.3, 0.4) is 0 Å². The maximum absolute atomic E-state index is 12.2. The number of thiophene rings is 1. The summed E-state index contributed by atoms with van der Waals surface area (Å²) in [6.07, 6.45) is 0.0789. The predicted octanol–water partition coefficient (Wildman–Crippen LogP) is 5.00. The summed E-state index contributed by atoms with van der Waals surface area (Å²) in [5.74, 6) is -0.660. The summed E-state index contributed by atoms with van der Waals surface area (Å²) in [6, 6.07) is 13.5. The summed E-state index contributed by atoms with van der Waals surface area (Å²) in [7, 11) is 0. The Balaban J connectivity index is 1.31. The third kappa shape index (κ3) is 4.66. The number of nitrogens with zero attached hydrogens (tertiary/aromatic N) is 2. The first-order valence-corrected chi connectivity index (χ1v) is 11.4. The maximum atomic E-state index is 12.2. The number of benzene rings is 2. The van der Waals surface area contributed by atoms with Gasteiger partial charge in [-0.25, -0.2) is 4.98 Å². The Kier molecular flexibility index (Phi) is 6.24. The Bertz CT molecular complexity index is 1310. The van der Waals surface area contributed by atoms with Crippen molar-refractivity contribution in [1.82, 2.24) is 10.3 Å². The average molecular weight is 467 g/mol. The van der Waals surface area contributed by atoms with E-state index in [1.165, 1.54) is 51.3 Å². The van der Waals surface area contributed by atoms with Gasteiger partial charge in [0, 0.05) is 40.7 Å². The molecular formula is C22H18N4O4S2. The molecule has 4 rings (SSSR count). The number of anilines is 1. The number of nitrogens with one attached hydrogen (secondary N) is 2. The van der Waals surface area contributed by atoms with E-state index >= 15 is 0 Å². The lowest BCUT2D eigenvalue weighted by molar-refractivity contribution is -0.384. The van der Waals surface area contributed by atoms with Gasteiger partial charge in [-0.2, -0.15) is 0 Å². The average Bonchev–Trinajstić information content (AvgIpc) is 3.38. The maximum Gasteiger partial charge on any atom is 0.269 e. The van der Waals surface area contributed by atoms with Crippen LogP contribution in [0.15, 0.2) is 53.9 Å². The second-order valence-corrected chi connectivity index (χ2v) is 8.86. The fourth-order valence-electron chi connectivity index (χ4n) is 3.16. The number of nitro groups is 1. The van der Waals surface area contributed by atoms with Crippen LogP contribution in [0.5, 0.6) is 0 Å². The number of rotatable bonds is 7. The van der Waals surface area contributed by atoms with Crippen molar-refractivity contribution in [2.45, 2.75) is 13.3 Å². The Morgan fingerprint density at radius 3 is 2.59 bits per heavy atom. The van der Waals surface area contributed by atoms with E-state index in [9.17, 15) is 19.7 Å². The predicted molar refractivity (Wildman–Crippen MR) is 126 cm³/mol. The van der Waals surface area contributed by atoms with E-state index in [1.54, 1.807) is 11.3 Å². The van der Waals surface area contributed by atoms with Gasteiger partial charge in [-0.05, 0) is 36.1 Å². The normalized spacial score (nSPS) is 10.8. The number of carbonyl (C=O) groups excluding carboxylic acids is 2. The molecule has 8 nitrogen and oxygen atoms in total. The number of carbonyl (C=O) groups is 2. The van der Waals surface area contributed by atoms with Crippen molar-refractivity contribution in [3.05, 3.63) is 75.2 Å². The SMILES string of the molecule is Cc1c(-c2csc(NC(=O)CCNC(=O)c3ccc([N+](=O)[O-])cc3)n2)sc2ccccc12. The van der Waals surface area contributed by atoms with Crippen LogP contribution in [-0.2, 0) is 4.79 Å². The van der Waals surface area contributed by atoms with E-state index < -0.39 is 10.8 Å². The number of amides is 2. The van der Waals surface area contributed by atoms with Crippen molar-refractivity contribution in [3.8, 4) is 10.6 Å². The molecule has 0 aliphatic rings. The number of thiazole rings is 1. The van der Waals surface area contributed by atoms with Gasteiger partial charge < -0.3 is 10.6 Å². The van der Waals surface area contributed by atoms with Crippen LogP contribution in [-0.4, -0.2) is 28.3 Å². The molecule has 32 heavy (non-hydrogen) atoms. The molecule has 4 aromatic rings. The van der Waals surface area contributed by atoms with Crippen LogP contribution >= 0.6 is 22.7 Å². The largest absolute Gasteiger partial charge is 0.352 e. The number of fused-ring (bicyclic) bond motifs is 1. The standard InChI is InChI=1S/C22H18N4O4S2/c1-13-16-4-2-3-5-18(16)32-20(13)17-12-31-22(24-17)25-19(27)10-11-23-21(28)14-6-8-15(9-7-14)26(29)30/h2-9,12H,10-11H2,1H3,(H,23,28)(H,24,25,27). The smallest absolute Gasteiger partial charge is 0.269 e. The van der Waals surface area contributed by atoms with Crippen molar-refractivity contribution in [2.24, 2.45) is 0 Å². The van der Waals surface area contributed by atoms with Gasteiger partial charge in [-0.3, -0.25) is 19.7 Å². The molecule has 0 unspecified atom stereocenters. The fraction of sp³-hybridized carbons (Fsp3) is 0.136. The van der Waals surface area contributed by atoms with Gasteiger partial charge in [0.2, 0.25) is 5.91 Å². The van der Waals surface area contributed by atoms with E-state index in [0.29, 0.717) is 10.7 Å². The molecule has 2 N–H and O–H groups in total. The van der Waals surface area contributed by atoms with Gasteiger partial charge in [0.15, 0.2) is 5.13 Å². The third-order valence-corrected chi connectivity index (χ3v) is 6.86. The van der Waals surface area contributed by atoms with Crippen molar-refractivity contribution >= 4 is 55.4 Å². The molecule has 0 spiro atoms. The first-order chi connectivity index (χ1) is 15.4. The van der Waals surface area contributed by atoms with E-state index in [0.717, 1.165) is 10.6 Å². The van der Waals surface area contributed by atoms with Crippen LogP contribution in [0.2, 0.25) is 0 Å². The quantitative estimate of drug-likeness (QED) is 0.294. The molecule has 2 amide bonds. The molecule has 0 fully saturated rings. The zero-order chi connectivity index (χ0) is 22.7. The summed E-state index contributed by atoms with van der Waals surface area (Å²) in [4.78, 5) is 40.1. The monoisotopic (exact) mass is 466 g/mol. The molecule has 0 radical (unpaired) electrons. The number of hydrogen-bond acceptors (Lipinski definition) is 7. The lowest BCUT2D eigenvalue weighted by Gasteiger charge is -2.05. The number of hydrogen-bond donors (Lipinski definition) is 2. The van der Waals surface area contributed by atoms with E-state index in [4.69, 9.17) is 0 Å². The molecule has 0 saturated carbocycles. The van der Waals surface area contributed by atoms with Gasteiger partial charge in [0.05, 0.1) is 15.5 Å². The number of non-ortho nitro benzene ring substituents is 1. The zero-order valence-corrected chi connectivity index (χ0v) is 18.6. The highest BCUT2D eigenvalue weighted by molar-refractivity contribution is 7.23. The molecule has 162 valence electrons. The molecule has 0 bridgehead atoms. The third-order valence-electron chi connectivity index (χ3n) is 4.80. The lowest BCUT2D eigenvalue weighted by Crippen LogP contribution is -2.27. The van der Waals surface area contributed by atoms with Crippen LogP contribution in [0.4, 0.5) is 10.8 Å². The summed E-state index contributed by atoms with van der Waals surface area (Å²) < 4.78 is 1.20. The van der Waals surface area contributed by atoms with Crippen LogP contribution in [0.1, 0.15) is 22.3 Å². The number of aryl methyl sites for hydroxylation is 1. The Labute approximate surface area is 191 Å². The molecule has 0 aliphatic heterocycles. The Morgan fingerprint density at radius 1 is 1.12 bits per heavy atom. The molecule has 0 aliphatic carbocycles. The highest BCUT2D eigenvalue weighted by Crippen LogP contribution is 2.38. The summed E-state index contributed by atoms with van der Waals surface area (Å²) in [5.41, 5.74) is 2.20. The minimum atomic E-state index is -0.530. The van der Waals surface area contributed by atoms with Gasteiger partial charge in [0.1, 0.15) is 0 Å². The van der Waals surface area contributed by atoms with Gasteiger partial charge in [-0.15, -0.1) is 22.7 Å². The van der Waals surface area contributed by atoms with Gasteiger partial charge in [0.25, 0.3) is 11.6 Å².